The van der Waals surface area contributed by atoms with Crippen LogP contribution in [-0.4, -0.2) is 66.5 Å². The average molecular weight is 306 g/mol. The first-order chi connectivity index (χ1) is 9.12. The molecule has 8 heteroatoms. The SMILES string of the molecule is CC(C)CN(CC(=O)O)C(=O)C1CCCN1S(C)(=O)=O. The lowest BCUT2D eigenvalue weighted by Crippen LogP contribution is -2.49. The van der Waals surface area contributed by atoms with Crippen molar-refractivity contribution in [3.05, 3.63) is 0 Å². The van der Waals surface area contributed by atoms with E-state index in [1.807, 2.05) is 13.8 Å². The summed E-state index contributed by atoms with van der Waals surface area (Å²) in [5.41, 5.74) is 0. The molecule has 1 aliphatic rings. The van der Waals surface area contributed by atoms with Gasteiger partial charge in [-0.1, -0.05) is 13.8 Å². The second kappa shape index (κ2) is 6.53. The zero-order chi connectivity index (χ0) is 15.5. The van der Waals surface area contributed by atoms with Crippen molar-refractivity contribution >= 4 is 21.9 Å². The fourth-order valence-electron chi connectivity index (χ4n) is 2.43. The standard InChI is InChI=1S/C12H22N2O5S/c1-9(2)7-13(8-11(15)16)12(17)10-5-4-6-14(10)20(3,18)19/h9-10H,4-8H2,1-3H3,(H,15,16). The van der Waals surface area contributed by atoms with Crippen LogP contribution in [0.4, 0.5) is 0 Å². The normalized spacial score (nSPS) is 20.3. The molecule has 1 saturated heterocycles. The molecule has 1 aliphatic heterocycles. The van der Waals surface area contributed by atoms with E-state index >= 15 is 0 Å². The molecule has 1 heterocycles. The van der Waals surface area contributed by atoms with Gasteiger partial charge in [0.25, 0.3) is 0 Å². The topological polar surface area (TPSA) is 95.0 Å². The molecule has 0 aromatic heterocycles. The number of carbonyl (C=O) groups is 2. The number of hydrogen-bond donors (Lipinski definition) is 1. The van der Waals surface area contributed by atoms with Crippen LogP contribution in [-0.2, 0) is 19.6 Å². The lowest BCUT2D eigenvalue weighted by atomic mass is 10.1. The van der Waals surface area contributed by atoms with Gasteiger partial charge in [0.15, 0.2) is 0 Å². The Morgan fingerprint density at radius 1 is 1.40 bits per heavy atom. The Labute approximate surface area is 119 Å². The highest BCUT2D eigenvalue weighted by Gasteiger charge is 2.39. The summed E-state index contributed by atoms with van der Waals surface area (Å²) in [6, 6.07) is -0.761. The number of rotatable bonds is 6. The highest BCUT2D eigenvalue weighted by atomic mass is 32.2. The lowest BCUT2D eigenvalue weighted by molar-refractivity contribution is -0.146. The Morgan fingerprint density at radius 2 is 2.00 bits per heavy atom. The van der Waals surface area contributed by atoms with Crippen molar-refractivity contribution in [2.75, 3.05) is 25.9 Å². The summed E-state index contributed by atoms with van der Waals surface area (Å²) in [5, 5.41) is 8.89. The van der Waals surface area contributed by atoms with E-state index in [1.165, 1.54) is 9.21 Å². The van der Waals surface area contributed by atoms with Crippen molar-refractivity contribution in [1.82, 2.24) is 9.21 Å². The number of hydrogen-bond acceptors (Lipinski definition) is 4. The molecule has 0 aliphatic carbocycles. The van der Waals surface area contributed by atoms with Crippen LogP contribution in [0, 0.1) is 5.92 Å². The van der Waals surface area contributed by atoms with E-state index in [0.717, 1.165) is 6.26 Å². The minimum absolute atomic E-state index is 0.117. The fraction of sp³-hybridized carbons (Fsp3) is 0.833. The minimum atomic E-state index is -3.45. The molecule has 0 radical (unpaired) electrons. The van der Waals surface area contributed by atoms with Crippen molar-refractivity contribution in [1.29, 1.82) is 0 Å². The Bertz CT molecular complexity index is 474. The third kappa shape index (κ3) is 4.45. The van der Waals surface area contributed by atoms with Crippen LogP contribution >= 0.6 is 0 Å². The van der Waals surface area contributed by atoms with Gasteiger partial charge in [-0.3, -0.25) is 9.59 Å². The summed E-state index contributed by atoms with van der Waals surface area (Å²) < 4.78 is 24.5. The monoisotopic (exact) mass is 306 g/mol. The molecule has 7 nitrogen and oxygen atoms in total. The van der Waals surface area contributed by atoms with Crippen molar-refractivity contribution in [3.63, 3.8) is 0 Å². The van der Waals surface area contributed by atoms with Gasteiger partial charge in [-0.25, -0.2) is 8.42 Å². The highest BCUT2D eigenvalue weighted by molar-refractivity contribution is 7.88. The molecule has 116 valence electrons. The molecule has 1 rings (SSSR count). The highest BCUT2D eigenvalue weighted by Crippen LogP contribution is 2.22. The van der Waals surface area contributed by atoms with Crippen molar-refractivity contribution in [2.45, 2.75) is 32.7 Å². The molecule has 20 heavy (non-hydrogen) atoms. The first kappa shape index (κ1) is 16.9. The maximum Gasteiger partial charge on any atom is 0.323 e. The fourth-order valence-corrected chi connectivity index (χ4v) is 3.55. The first-order valence-corrected chi connectivity index (χ1v) is 8.45. The van der Waals surface area contributed by atoms with E-state index in [1.54, 1.807) is 0 Å². The predicted octanol–water partition coefficient (Wildman–Crippen LogP) is -0.0204. The zero-order valence-corrected chi connectivity index (χ0v) is 12.9. The zero-order valence-electron chi connectivity index (χ0n) is 12.1. The Balaban J connectivity index is 2.90. The smallest absolute Gasteiger partial charge is 0.323 e. The van der Waals surface area contributed by atoms with Gasteiger partial charge in [-0.05, 0) is 18.8 Å². The largest absolute Gasteiger partial charge is 0.480 e. The van der Waals surface area contributed by atoms with Crippen LogP contribution in [0.1, 0.15) is 26.7 Å². The molecule has 0 spiro atoms. The van der Waals surface area contributed by atoms with Crippen LogP contribution in [0.5, 0.6) is 0 Å². The summed E-state index contributed by atoms with van der Waals surface area (Å²) in [5.74, 6) is -1.39. The molecular weight excluding hydrogens is 284 g/mol. The van der Waals surface area contributed by atoms with E-state index in [9.17, 15) is 18.0 Å². The quantitative estimate of drug-likeness (QED) is 0.744. The van der Waals surface area contributed by atoms with E-state index < -0.39 is 34.5 Å². The molecule has 0 bridgehead atoms. The van der Waals surface area contributed by atoms with Gasteiger partial charge in [-0.2, -0.15) is 4.31 Å². The molecule has 0 saturated carbocycles. The van der Waals surface area contributed by atoms with E-state index in [2.05, 4.69) is 0 Å². The maximum absolute atomic E-state index is 12.4. The van der Waals surface area contributed by atoms with Gasteiger partial charge in [0.05, 0.1) is 6.26 Å². The molecular formula is C12H22N2O5S. The third-order valence-electron chi connectivity index (χ3n) is 3.14. The molecule has 1 unspecified atom stereocenters. The Morgan fingerprint density at radius 3 is 2.45 bits per heavy atom. The van der Waals surface area contributed by atoms with Gasteiger partial charge < -0.3 is 10.0 Å². The number of aliphatic carboxylic acids is 1. The van der Waals surface area contributed by atoms with E-state index in [0.29, 0.717) is 25.9 Å². The minimum Gasteiger partial charge on any atom is -0.480 e. The summed E-state index contributed by atoms with van der Waals surface area (Å²) in [6.45, 7) is 3.98. The van der Waals surface area contributed by atoms with Gasteiger partial charge in [-0.15, -0.1) is 0 Å². The molecule has 0 aromatic carbocycles. The summed E-state index contributed by atoms with van der Waals surface area (Å²) in [4.78, 5) is 24.5. The summed E-state index contributed by atoms with van der Waals surface area (Å²) in [7, 11) is -3.45. The van der Waals surface area contributed by atoms with Crippen LogP contribution < -0.4 is 0 Å². The lowest BCUT2D eigenvalue weighted by Gasteiger charge is -2.29. The predicted molar refractivity (Wildman–Crippen MR) is 73.6 cm³/mol. The summed E-state index contributed by atoms with van der Waals surface area (Å²) >= 11 is 0. The number of amides is 1. The molecule has 1 N–H and O–H groups in total. The number of sulfonamides is 1. The number of carboxylic acid groups (broad SMARTS) is 1. The van der Waals surface area contributed by atoms with Gasteiger partial charge in [0, 0.05) is 13.1 Å². The van der Waals surface area contributed by atoms with Crippen molar-refractivity contribution < 1.29 is 23.1 Å². The first-order valence-electron chi connectivity index (χ1n) is 6.60. The van der Waals surface area contributed by atoms with Crippen molar-refractivity contribution in [2.24, 2.45) is 5.92 Å². The van der Waals surface area contributed by atoms with Crippen LogP contribution in [0.2, 0.25) is 0 Å². The Hall–Kier alpha value is -1.15. The molecule has 0 aromatic rings. The van der Waals surface area contributed by atoms with Crippen LogP contribution in [0.15, 0.2) is 0 Å². The molecule has 1 fully saturated rings. The average Bonchev–Trinajstić information content (AvgIpc) is 2.74. The van der Waals surface area contributed by atoms with Gasteiger partial charge in [0.1, 0.15) is 12.6 Å². The van der Waals surface area contributed by atoms with Crippen molar-refractivity contribution in [3.8, 4) is 0 Å². The van der Waals surface area contributed by atoms with E-state index in [4.69, 9.17) is 5.11 Å². The molecule has 1 amide bonds. The van der Waals surface area contributed by atoms with Gasteiger partial charge >= 0.3 is 5.97 Å². The van der Waals surface area contributed by atoms with E-state index in [-0.39, 0.29) is 5.92 Å². The Kier molecular flexibility index (Phi) is 5.52. The second-order valence-electron chi connectivity index (χ2n) is 5.54. The third-order valence-corrected chi connectivity index (χ3v) is 4.43. The number of nitrogens with zero attached hydrogens (tertiary/aromatic N) is 2. The van der Waals surface area contributed by atoms with Crippen LogP contribution in [0.25, 0.3) is 0 Å². The second-order valence-corrected chi connectivity index (χ2v) is 7.47. The van der Waals surface area contributed by atoms with Crippen LogP contribution in [0.3, 0.4) is 0 Å². The summed E-state index contributed by atoms with van der Waals surface area (Å²) in [6.07, 6.45) is 2.13. The maximum atomic E-state index is 12.4. The number of carboxylic acids is 1. The van der Waals surface area contributed by atoms with Gasteiger partial charge in [0.2, 0.25) is 15.9 Å². The molecule has 1 atom stereocenters. The number of carbonyl (C=O) groups excluding carboxylic acids is 1.